The molecular weight excluding hydrogens is 266 g/mol. The van der Waals surface area contributed by atoms with Crippen molar-refractivity contribution in [3.05, 3.63) is 51.7 Å². The fraction of sp³-hybridized carbons (Fsp3) is 0.412. The normalized spacial score (nSPS) is 20.2. The van der Waals surface area contributed by atoms with Crippen molar-refractivity contribution in [3.8, 4) is 5.75 Å². The van der Waals surface area contributed by atoms with Gasteiger partial charge in [-0.05, 0) is 48.7 Å². The second-order valence-corrected chi connectivity index (χ2v) is 6.86. The fourth-order valence-electron chi connectivity index (χ4n) is 2.79. The largest absolute Gasteiger partial charge is 0.487 e. The fourth-order valence-corrected chi connectivity index (χ4v) is 3.64. The summed E-state index contributed by atoms with van der Waals surface area (Å²) in [6.45, 7) is 7.42. The van der Waals surface area contributed by atoms with Gasteiger partial charge in [0.05, 0.1) is 0 Å². The third kappa shape index (κ3) is 2.74. The Morgan fingerprint density at radius 2 is 2.10 bits per heavy atom. The first-order chi connectivity index (χ1) is 9.55. The Balaban J connectivity index is 1.80. The quantitative estimate of drug-likeness (QED) is 0.900. The van der Waals surface area contributed by atoms with E-state index in [1.807, 2.05) is 6.07 Å². The zero-order chi connectivity index (χ0) is 14.2. The number of rotatable bonds is 3. The second-order valence-electron chi connectivity index (χ2n) is 6.12. The van der Waals surface area contributed by atoms with Crippen LogP contribution in [0.15, 0.2) is 35.0 Å². The predicted octanol–water partition coefficient (Wildman–Crippen LogP) is 4.45. The molecule has 1 N–H and O–H groups in total. The summed E-state index contributed by atoms with van der Waals surface area (Å²) in [5.74, 6) is 1.02. The number of fused-ring (bicyclic) bond motifs is 1. The minimum Gasteiger partial charge on any atom is -0.487 e. The van der Waals surface area contributed by atoms with Gasteiger partial charge in [-0.1, -0.05) is 18.2 Å². The van der Waals surface area contributed by atoms with Crippen molar-refractivity contribution in [1.29, 1.82) is 0 Å². The monoisotopic (exact) mass is 287 g/mol. The van der Waals surface area contributed by atoms with Crippen molar-refractivity contribution < 1.29 is 4.74 Å². The Morgan fingerprint density at radius 1 is 1.30 bits per heavy atom. The summed E-state index contributed by atoms with van der Waals surface area (Å²) in [5, 5.41) is 8.15. The summed E-state index contributed by atoms with van der Waals surface area (Å²) in [6.07, 6.45) is 0.993. The Kier molecular flexibility index (Phi) is 3.57. The Hall–Kier alpha value is -1.32. The smallest absolute Gasteiger partial charge is 0.124 e. The average molecular weight is 287 g/mol. The summed E-state index contributed by atoms with van der Waals surface area (Å²) in [4.78, 5) is 0. The van der Waals surface area contributed by atoms with Crippen LogP contribution >= 0.6 is 11.3 Å². The number of para-hydroxylation sites is 1. The van der Waals surface area contributed by atoms with Gasteiger partial charge in [0.1, 0.15) is 11.4 Å². The van der Waals surface area contributed by atoms with Crippen molar-refractivity contribution in [2.45, 2.75) is 45.4 Å². The van der Waals surface area contributed by atoms with Crippen LogP contribution < -0.4 is 10.1 Å². The molecule has 0 spiro atoms. The first-order valence-electron chi connectivity index (χ1n) is 7.08. The number of thiophene rings is 1. The summed E-state index contributed by atoms with van der Waals surface area (Å²) in [7, 11) is 0. The molecule has 1 aliphatic heterocycles. The molecule has 2 nitrogen and oxygen atoms in total. The number of aryl methyl sites for hydroxylation is 1. The molecule has 1 atom stereocenters. The van der Waals surface area contributed by atoms with E-state index in [4.69, 9.17) is 4.74 Å². The third-order valence-corrected chi connectivity index (χ3v) is 4.79. The Bertz CT molecular complexity index is 603. The van der Waals surface area contributed by atoms with Crippen molar-refractivity contribution in [1.82, 2.24) is 5.32 Å². The molecule has 0 aliphatic carbocycles. The van der Waals surface area contributed by atoms with E-state index < -0.39 is 0 Å². The zero-order valence-corrected chi connectivity index (χ0v) is 13.1. The first-order valence-corrected chi connectivity index (χ1v) is 8.02. The molecule has 1 aliphatic rings. The molecule has 0 bridgehead atoms. The maximum atomic E-state index is 6.07. The summed E-state index contributed by atoms with van der Waals surface area (Å²) < 4.78 is 6.07. The SMILES string of the molecule is Cc1cscc1CNC1CC(C)(C)Oc2ccccc21. The molecule has 3 rings (SSSR count). The molecule has 2 aromatic rings. The molecule has 0 saturated carbocycles. The van der Waals surface area contributed by atoms with E-state index in [-0.39, 0.29) is 5.60 Å². The molecule has 0 amide bonds. The number of hydrogen-bond donors (Lipinski definition) is 1. The lowest BCUT2D eigenvalue weighted by atomic mass is 9.89. The highest BCUT2D eigenvalue weighted by Crippen LogP contribution is 2.39. The lowest BCUT2D eigenvalue weighted by Crippen LogP contribution is -2.39. The second kappa shape index (κ2) is 5.23. The molecule has 106 valence electrons. The molecule has 3 heteroatoms. The van der Waals surface area contributed by atoms with E-state index in [1.165, 1.54) is 16.7 Å². The van der Waals surface area contributed by atoms with Crippen LogP contribution in [0.3, 0.4) is 0 Å². The van der Waals surface area contributed by atoms with Crippen molar-refractivity contribution >= 4 is 11.3 Å². The van der Waals surface area contributed by atoms with Gasteiger partial charge in [-0.15, -0.1) is 0 Å². The van der Waals surface area contributed by atoms with E-state index in [2.05, 4.69) is 55.0 Å². The maximum Gasteiger partial charge on any atom is 0.124 e. The van der Waals surface area contributed by atoms with Gasteiger partial charge in [-0.3, -0.25) is 0 Å². The van der Waals surface area contributed by atoms with Crippen LogP contribution in [0.5, 0.6) is 5.75 Å². The predicted molar refractivity (Wildman–Crippen MR) is 84.4 cm³/mol. The number of hydrogen-bond acceptors (Lipinski definition) is 3. The number of nitrogens with one attached hydrogen (secondary N) is 1. The highest BCUT2D eigenvalue weighted by molar-refractivity contribution is 7.08. The van der Waals surface area contributed by atoms with Gasteiger partial charge in [0, 0.05) is 24.6 Å². The van der Waals surface area contributed by atoms with Crippen LogP contribution in [0.25, 0.3) is 0 Å². The van der Waals surface area contributed by atoms with Crippen molar-refractivity contribution in [3.63, 3.8) is 0 Å². The Labute approximate surface area is 124 Å². The topological polar surface area (TPSA) is 21.3 Å². The molecule has 20 heavy (non-hydrogen) atoms. The molecular formula is C17H21NOS. The van der Waals surface area contributed by atoms with Gasteiger partial charge in [0.15, 0.2) is 0 Å². The number of ether oxygens (including phenoxy) is 1. The van der Waals surface area contributed by atoms with E-state index in [0.29, 0.717) is 6.04 Å². The van der Waals surface area contributed by atoms with E-state index in [1.54, 1.807) is 11.3 Å². The summed E-state index contributed by atoms with van der Waals surface area (Å²) in [5.41, 5.74) is 3.94. The van der Waals surface area contributed by atoms with Crippen LogP contribution in [0.1, 0.15) is 43.0 Å². The van der Waals surface area contributed by atoms with Crippen LogP contribution in [0.4, 0.5) is 0 Å². The maximum absolute atomic E-state index is 6.07. The minimum absolute atomic E-state index is 0.115. The lowest BCUT2D eigenvalue weighted by molar-refractivity contribution is 0.0657. The molecule has 1 aromatic heterocycles. The number of benzene rings is 1. The zero-order valence-electron chi connectivity index (χ0n) is 12.3. The van der Waals surface area contributed by atoms with E-state index in [0.717, 1.165) is 18.7 Å². The van der Waals surface area contributed by atoms with Crippen LogP contribution in [-0.2, 0) is 6.54 Å². The first kappa shape index (κ1) is 13.7. The molecule has 0 saturated heterocycles. The molecule has 1 unspecified atom stereocenters. The van der Waals surface area contributed by atoms with Gasteiger partial charge in [-0.2, -0.15) is 11.3 Å². The van der Waals surface area contributed by atoms with E-state index >= 15 is 0 Å². The Morgan fingerprint density at radius 3 is 2.85 bits per heavy atom. The van der Waals surface area contributed by atoms with Gasteiger partial charge < -0.3 is 10.1 Å². The van der Waals surface area contributed by atoms with Gasteiger partial charge in [-0.25, -0.2) is 0 Å². The van der Waals surface area contributed by atoms with Gasteiger partial charge in [0.2, 0.25) is 0 Å². The standard InChI is InChI=1S/C17H21NOS/c1-12-10-20-11-13(12)9-18-15-8-17(2,3)19-16-7-5-4-6-14(15)16/h4-7,10-11,15,18H,8-9H2,1-3H3. The molecule has 1 aromatic carbocycles. The lowest BCUT2D eigenvalue weighted by Gasteiger charge is -2.38. The van der Waals surface area contributed by atoms with Crippen LogP contribution in [0.2, 0.25) is 0 Å². The molecule has 0 fully saturated rings. The van der Waals surface area contributed by atoms with Gasteiger partial charge >= 0.3 is 0 Å². The summed E-state index contributed by atoms with van der Waals surface area (Å²) >= 11 is 1.77. The highest BCUT2D eigenvalue weighted by Gasteiger charge is 2.33. The van der Waals surface area contributed by atoms with Crippen LogP contribution in [0, 0.1) is 6.92 Å². The molecule has 0 radical (unpaired) electrons. The van der Waals surface area contributed by atoms with Crippen LogP contribution in [-0.4, -0.2) is 5.60 Å². The van der Waals surface area contributed by atoms with E-state index in [9.17, 15) is 0 Å². The summed E-state index contributed by atoms with van der Waals surface area (Å²) in [6, 6.07) is 8.73. The third-order valence-electron chi connectivity index (χ3n) is 3.88. The van der Waals surface area contributed by atoms with Crippen molar-refractivity contribution in [2.75, 3.05) is 0 Å². The molecule has 2 heterocycles. The minimum atomic E-state index is -0.115. The highest BCUT2D eigenvalue weighted by atomic mass is 32.1. The van der Waals surface area contributed by atoms with Gasteiger partial charge in [0.25, 0.3) is 0 Å². The van der Waals surface area contributed by atoms with Crippen molar-refractivity contribution in [2.24, 2.45) is 0 Å². The average Bonchev–Trinajstić information content (AvgIpc) is 2.80.